The van der Waals surface area contributed by atoms with Crippen molar-refractivity contribution in [3.63, 3.8) is 0 Å². The summed E-state index contributed by atoms with van der Waals surface area (Å²) in [5.41, 5.74) is 3.73. The third-order valence-electron chi connectivity index (χ3n) is 3.73. The van der Waals surface area contributed by atoms with Gasteiger partial charge in [0.25, 0.3) is 0 Å². The van der Waals surface area contributed by atoms with Crippen LogP contribution in [0, 0.1) is 19.8 Å². The summed E-state index contributed by atoms with van der Waals surface area (Å²) >= 11 is 0. The van der Waals surface area contributed by atoms with Crippen molar-refractivity contribution < 1.29 is 4.79 Å². The summed E-state index contributed by atoms with van der Waals surface area (Å²) in [6.45, 7) is 8.53. The summed E-state index contributed by atoms with van der Waals surface area (Å²) in [5.74, 6) is 0.690. The SMILES string of the molecule is CCCC(CCC)C(=O)Cc1c(C)cccc1C. The zero-order chi connectivity index (χ0) is 13.5. The smallest absolute Gasteiger partial charge is 0.140 e. The number of aryl methyl sites for hydroxylation is 2. The number of Topliss-reactive ketones (excluding diaryl/α,β-unsaturated/α-hetero) is 1. The number of rotatable bonds is 7. The molecule has 0 atom stereocenters. The van der Waals surface area contributed by atoms with E-state index in [1.165, 1.54) is 16.7 Å². The van der Waals surface area contributed by atoms with Crippen LogP contribution in [0.1, 0.15) is 56.2 Å². The predicted molar refractivity (Wildman–Crippen MR) is 77.9 cm³/mol. The molecule has 1 aromatic rings. The van der Waals surface area contributed by atoms with Gasteiger partial charge in [-0.05, 0) is 43.4 Å². The zero-order valence-corrected chi connectivity index (χ0v) is 12.3. The Hall–Kier alpha value is -1.11. The molecular formula is C17H26O. The van der Waals surface area contributed by atoms with Crippen LogP contribution in [0.2, 0.25) is 0 Å². The molecule has 0 fully saturated rings. The second-order valence-corrected chi connectivity index (χ2v) is 5.29. The highest BCUT2D eigenvalue weighted by Gasteiger charge is 2.18. The Morgan fingerprint density at radius 2 is 1.56 bits per heavy atom. The van der Waals surface area contributed by atoms with Crippen molar-refractivity contribution in [2.75, 3.05) is 0 Å². The summed E-state index contributed by atoms with van der Waals surface area (Å²) in [5, 5.41) is 0. The van der Waals surface area contributed by atoms with Crippen molar-refractivity contribution in [3.8, 4) is 0 Å². The van der Waals surface area contributed by atoms with E-state index in [4.69, 9.17) is 0 Å². The molecular weight excluding hydrogens is 220 g/mol. The number of ketones is 1. The van der Waals surface area contributed by atoms with Gasteiger partial charge in [0.05, 0.1) is 0 Å². The van der Waals surface area contributed by atoms with Gasteiger partial charge in [-0.1, -0.05) is 44.9 Å². The van der Waals surface area contributed by atoms with Crippen LogP contribution >= 0.6 is 0 Å². The van der Waals surface area contributed by atoms with Crippen molar-refractivity contribution in [2.45, 2.75) is 59.8 Å². The quantitative estimate of drug-likeness (QED) is 0.685. The molecule has 0 aliphatic rings. The normalized spacial score (nSPS) is 10.9. The highest BCUT2D eigenvalue weighted by molar-refractivity contribution is 5.83. The Kier molecular flexibility index (Phi) is 6.11. The van der Waals surface area contributed by atoms with Gasteiger partial charge in [0.15, 0.2) is 0 Å². The molecule has 0 radical (unpaired) electrons. The number of carbonyl (C=O) groups excluding carboxylic acids is 1. The Balaban J connectivity index is 2.79. The lowest BCUT2D eigenvalue weighted by atomic mass is 9.88. The van der Waals surface area contributed by atoms with E-state index in [-0.39, 0.29) is 5.92 Å². The molecule has 0 spiro atoms. The maximum atomic E-state index is 12.4. The molecule has 0 N–H and O–H groups in total. The van der Waals surface area contributed by atoms with Gasteiger partial charge in [-0.15, -0.1) is 0 Å². The number of hydrogen-bond acceptors (Lipinski definition) is 1. The predicted octanol–water partition coefficient (Wildman–Crippen LogP) is 4.63. The van der Waals surface area contributed by atoms with E-state index >= 15 is 0 Å². The first kappa shape index (κ1) is 14.9. The molecule has 100 valence electrons. The van der Waals surface area contributed by atoms with Crippen LogP contribution in [0.3, 0.4) is 0 Å². The lowest BCUT2D eigenvalue weighted by molar-refractivity contribution is -0.122. The number of benzene rings is 1. The average molecular weight is 246 g/mol. The molecule has 18 heavy (non-hydrogen) atoms. The lowest BCUT2D eigenvalue weighted by Gasteiger charge is -2.16. The molecule has 0 heterocycles. The molecule has 0 saturated heterocycles. The van der Waals surface area contributed by atoms with Gasteiger partial charge < -0.3 is 0 Å². The molecule has 0 unspecified atom stereocenters. The van der Waals surface area contributed by atoms with Crippen molar-refractivity contribution in [1.82, 2.24) is 0 Å². The minimum atomic E-state index is 0.263. The molecule has 0 bridgehead atoms. The fourth-order valence-electron chi connectivity index (χ4n) is 2.61. The van der Waals surface area contributed by atoms with E-state index in [1.54, 1.807) is 0 Å². The van der Waals surface area contributed by atoms with Crippen LogP contribution in [0.15, 0.2) is 18.2 Å². The van der Waals surface area contributed by atoms with E-state index in [9.17, 15) is 4.79 Å². The first-order chi connectivity index (χ1) is 8.60. The van der Waals surface area contributed by atoms with Crippen molar-refractivity contribution >= 4 is 5.78 Å². The fraction of sp³-hybridized carbons (Fsp3) is 0.588. The Bertz CT molecular complexity index is 366. The monoisotopic (exact) mass is 246 g/mol. The Labute approximate surface area is 112 Å². The summed E-state index contributed by atoms with van der Waals surface area (Å²) in [6.07, 6.45) is 4.89. The van der Waals surface area contributed by atoms with Crippen LogP contribution in [-0.2, 0) is 11.2 Å². The van der Waals surface area contributed by atoms with Crippen LogP contribution in [0.5, 0.6) is 0 Å². The molecule has 1 nitrogen and oxygen atoms in total. The standard InChI is InChI=1S/C17H26O/c1-5-8-15(9-6-2)17(18)12-16-13(3)10-7-11-14(16)4/h7,10-11,15H,5-6,8-9,12H2,1-4H3. The average Bonchev–Trinajstić information content (AvgIpc) is 2.33. The first-order valence-electron chi connectivity index (χ1n) is 7.17. The van der Waals surface area contributed by atoms with Crippen LogP contribution in [-0.4, -0.2) is 5.78 Å². The number of carbonyl (C=O) groups is 1. The Morgan fingerprint density at radius 1 is 1.06 bits per heavy atom. The molecule has 0 saturated carbocycles. The summed E-state index contributed by atoms with van der Waals surface area (Å²) < 4.78 is 0. The number of hydrogen-bond donors (Lipinski definition) is 0. The lowest BCUT2D eigenvalue weighted by Crippen LogP contribution is -2.17. The molecule has 0 aromatic heterocycles. The van der Waals surface area contributed by atoms with Crippen molar-refractivity contribution in [1.29, 1.82) is 0 Å². The van der Waals surface area contributed by atoms with Crippen molar-refractivity contribution in [2.24, 2.45) is 5.92 Å². The fourth-order valence-corrected chi connectivity index (χ4v) is 2.61. The van der Waals surface area contributed by atoms with E-state index in [2.05, 4.69) is 45.9 Å². The summed E-state index contributed by atoms with van der Waals surface area (Å²) in [7, 11) is 0. The third kappa shape index (κ3) is 3.97. The summed E-state index contributed by atoms with van der Waals surface area (Å²) in [6, 6.07) is 6.27. The van der Waals surface area contributed by atoms with E-state index in [1.807, 2.05) is 0 Å². The maximum Gasteiger partial charge on any atom is 0.140 e. The molecule has 1 heteroatoms. The van der Waals surface area contributed by atoms with Gasteiger partial charge in [0, 0.05) is 12.3 Å². The molecule has 0 aliphatic carbocycles. The molecule has 1 rings (SSSR count). The minimum Gasteiger partial charge on any atom is -0.299 e. The largest absolute Gasteiger partial charge is 0.299 e. The van der Waals surface area contributed by atoms with Gasteiger partial charge in [-0.3, -0.25) is 4.79 Å². The highest BCUT2D eigenvalue weighted by Crippen LogP contribution is 2.20. The summed E-state index contributed by atoms with van der Waals surface area (Å²) in [4.78, 5) is 12.4. The van der Waals surface area contributed by atoms with Gasteiger partial charge in [0.2, 0.25) is 0 Å². The minimum absolute atomic E-state index is 0.263. The van der Waals surface area contributed by atoms with Crippen LogP contribution in [0.25, 0.3) is 0 Å². The van der Waals surface area contributed by atoms with E-state index in [0.29, 0.717) is 12.2 Å². The third-order valence-corrected chi connectivity index (χ3v) is 3.73. The van der Waals surface area contributed by atoms with Gasteiger partial charge in [0.1, 0.15) is 5.78 Å². The van der Waals surface area contributed by atoms with Gasteiger partial charge in [-0.2, -0.15) is 0 Å². The maximum absolute atomic E-state index is 12.4. The van der Waals surface area contributed by atoms with Gasteiger partial charge in [-0.25, -0.2) is 0 Å². The topological polar surface area (TPSA) is 17.1 Å². The molecule has 1 aromatic carbocycles. The van der Waals surface area contributed by atoms with E-state index < -0.39 is 0 Å². The molecule has 0 aliphatic heterocycles. The second-order valence-electron chi connectivity index (χ2n) is 5.29. The Morgan fingerprint density at radius 3 is 2.00 bits per heavy atom. The second kappa shape index (κ2) is 7.35. The van der Waals surface area contributed by atoms with E-state index in [0.717, 1.165) is 25.7 Å². The van der Waals surface area contributed by atoms with Crippen LogP contribution in [0.4, 0.5) is 0 Å². The van der Waals surface area contributed by atoms with Crippen molar-refractivity contribution in [3.05, 3.63) is 34.9 Å². The zero-order valence-electron chi connectivity index (χ0n) is 12.3. The first-order valence-corrected chi connectivity index (χ1v) is 7.17. The molecule has 0 amide bonds. The van der Waals surface area contributed by atoms with Gasteiger partial charge >= 0.3 is 0 Å². The highest BCUT2D eigenvalue weighted by atomic mass is 16.1. The van der Waals surface area contributed by atoms with Crippen LogP contribution < -0.4 is 0 Å².